The highest BCUT2D eigenvalue weighted by atomic mass is 28.4. The Morgan fingerprint density at radius 1 is 0.706 bits per heavy atom. The minimum atomic E-state index is -1.51. The molecule has 1 rings (SSSR count). The van der Waals surface area contributed by atoms with Gasteiger partial charge in [-0.25, -0.2) is 0 Å². The van der Waals surface area contributed by atoms with Crippen LogP contribution in [0.15, 0.2) is 0 Å². The molecule has 0 aromatic rings. The molecule has 1 heterocycles. The lowest BCUT2D eigenvalue weighted by Gasteiger charge is -2.17. The predicted molar refractivity (Wildman–Crippen MR) is 81.1 cm³/mol. The van der Waals surface area contributed by atoms with E-state index in [4.69, 9.17) is 28.8 Å². The van der Waals surface area contributed by atoms with E-state index in [1.54, 1.807) is 0 Å². The Balaban J connectivity index is 2.19. The average Bonchev–Trinajstić information content (AvgIpc) is 2.34. The Kier molecular flexibility index (Phi) is 11.8. The zero-order valence-corrected chi connectivity index (χ0v) is 19.7. The summed E-state index contributed by atoms with van der Waals surface area (Å²) in [5, 5.41) is 0. The average molecular weight is 365 g/mol. The molecule has 0 aromatic carbocycles. The summed E-state index contributed by atoms with van der Waals surface area (Å²) in [4.78, 5) is 0. The van der Waals surface area contributed by atoms with Crippen molar-refractivity contribution in [1.82, 2.24) is 0 Å². The fourth-order valence-electron chi connectivity index (χ4n) is 1.10. The Labute approximate surface area is 117 Å². The first-order valence-electron chi connectivity index (χ1n) is 5.55. The lowest BCUT2D eigenvalue weighted by molar-refractivity contribution is 0.336. The minimum absolute atomic E-state index is 0.857. The van der Waals surface area contributed by atoms with Crippen LogP contribution in [0.25, 0.3) is 0 Å². The molecule has 0 unspecified atom stereocenters. The van der Waals surface area contributed by atoms with E-state index in [2.05, 4.69) is 6.92 Å². The fraction of sp³-hybridized carbons (Fsp3) is 1.00. The molecular formula is C3H20O7Si7. The molecular weight excluding hydrogens is 345 g/mol. The van der Waals surface area contributed by atoms with Crippen molar-refractivity contribution in [3.63, 3.8) is 0 Å². The van der Waals surface area contributed by atoms with Crippen LogP contribution in [0.4, 0.5) is 0 Å². The van der Waals surface area contributed by atoms with Crippen LogP contribution in [0.2, 0.25) is 6.04 Å². The summed E-state index contributed by atoms with van der Waals surface area (Å²) < 4.78 is 38.5. The molecule has 1 aliphatic heterocycles. The van der Waals surface area contributed by atoms with Crippen LogP contribution in [-0.2, 0) is 28.8 Å². The van der Waals surface area contributed by atoms with Gasteiger partial charge in [-0.3, -0.25) is 0 Å². The molecule has 1 aliphatic rings. The standard InChI is InChI=1S/C3H20O7Si7/c1-2-3-17-9-15-7-13-5-11-4-12-6-14-8-16-10-17/h17H,2-3,11-16H2,1H3. The van der Waals surface area contributed by atoms with E-state index in [0.29, 0.717) is 0 Å². The smallest absolute Gasteiger partial charge is 0.303 e. The van der Waals surface area contributed by atoms with Crippen LogP contribution < -0.4 is 0 Å². The summed E-state index contributed by atoms with van der Waals surface area (Å²) >= 11 is 0. The third kappa shape index (κ3) is 9.77. The third-order valence-electron chi connectivity index (χ3n) is 1.87. The largest absolute Gasteiger partial charge is 0.425 e. The van der Waals surface area contributed by atoms with Crippen molar-refractivity contribution in [1.29, 1.82) is 0 Å². The highest BCUT2D eigenvalue weighted by Crippen LogP contribution is 2.00. The number of hydrogen-bond donors (Lipinski definition) is 0. The first kappa shape index (κ1) is 16.3. The van der Waals surface area contributed by atoms with Crippen LogP contribution in [-0.4, -0.2) is 69.3 Å². The Hall–Kier alpha value is 1.24. The van der Waals surface area contributed by atoms with E-state index >= 15 is 0 Å². The first-order chi connectivity index (χ1) is 8.43. The van der Waals surface area contributed by atoms with Gasteiger partial charge in [-0.1, -0.05) is 13.3 Å². The molecule has 0 radical (unpaired) electrons. The highest BCUT2D eigenvalue weighted by Gasteiger charge is 2.12. The summed E-state index contributed by atoms with van der Waals surface area (Å²) in [6.07, 6.45) is 1.09. The monoisotopic (exact) mass is 364 g/mol. The molecule has 102 valence electrons. The van der Waals surface area contributed by atoms with Crippen LogP contribution in [0.5, 0.6) is 0 Å². The van der Waals surface area contributed by atoms with E-state index in [1.165, 1.54) is 0 Å². The maximum absolute atomic E-state index is 5.73. The van der Waals surface area contributed by atoms with Gasteiger partial charge in [0, 0.05) is 0 Å². The summed E-state index contributed by atoms with van der Waals surface area (Å²) in [6, 6.07) is 1.03. The molecule has 0 aliphatic carbocycles. The first-order valence-corrected chi connectivity index (χ1v) is 14.2. The minimum Gasteiger partial charge on any atom is -0.425 e. The van der Waals surface area contributed by atoms with Gasteiger partial charge >= 0.3 is 9.28 Å². The molecule has 17 heavy (non-hydrogen) atoms. The normalized spacial score (nSPS) is 34.8. The summed E-state index contributed by atoms with van der Waals surface area (Å²) in [5.41, 5.74) is 0. The van der Waals surface area contributed by atoms with Gasteiger partial charge in [-0.15, -0.1) is 0 Å². The second-order valence-electron chi connectivity index (χ2n) is 3.28. The van der Waals surface area contributed by atoms with Gasteiger partial charge in [-0.05, 0) is 6.04 Å². The Morgan fingerprint density at radius 2 is 1.12 bits per heavy atom. The van der Waals surface area contributed by atoms with Crippen molar-refractivity contribution in [3.05, 3.63) is 0 Å². The van der Waals surface area contributed by atoms with Gasteiger partial charge in [0.15, 0.2) is 0 Å². The molecule has 0 atom stereocenters. The highest BCUT2D eigenvalue weighted by molar-refractivity contribution is 6.58. The van der Waals surface area contributed by atoms with Gasteiger partial charge < -0.3 is 28.8 Å². The number of rotatable bonds is 2. The lowest BCUT2D eigenvalue weighted by Crippen LogP contribution is -2.30. The van der Waals surface area contributed by atoms with Crippen molar-refractivity contribution < 1.29 is 28.8 Å². The molecule has 0 spiro atoms. The predicted octanol–water partition coefficient (Wildman–Crippen LogP) is -5.26. The SMILES string of the molecule is CCC[SiH]1O[SiH2]O[SiH2]O[SiH2]O[SiH2]O[SiH2]O[SiH2]O1. The van der Waals surface area contributed by atoms with Crippen molar-refractivity contribution in [2.24, 2.45) is 0 Å². The van der Waals surface area contributed by atoms with Gasteiger partial charge in [0.2, 0.25) is 0 Å². The molecule has 0 aromatic heterocycles. The van der Waals surface area contributed by atoms with Crippen molar-refractivity contribution in [3.8, 4) is 0 Å². The summed E-state index contributed by atoms with van der Waals surface area (Å²) in [5.74, 6) is 0. The second-order valence-corrected chi connectivity index (χ2v) is 17.0. The van der Waals surface area contributed by atoms with Crippen molar-refractivity contribution >= 4 is 69.3 Å². The van der Waals surface area contributed by atoms with Crippen LogP contribution in [0, 0.1) is 0 Å². The Bertz CT molecular complexity index is 162. The summed E-state index contributed by atoms with van der Waals surface area (Å²) in [6.45, 7) is 2.14. The van der Waals surface area contributed by atoms with Crippen LogP contribution in [0.3, 0.4) is 0 Å². The molecule has 14 heteroatoms. The molecule has 0 N–H and O–H groups in total. The van der Waals surface area contributed by atoms with E-state index in [1.807, 2.05) is 0 Å². The van der Waals surface area contributed by atoms with E-state index in [-0.39, 0.29) is 0 Å². The van der Waals surface area contributed by atoms with Gasteiger partial charge in [0.25, 0.3) is 60.0 Å². The van der Waals surface area contributed by atoms with E-state index in [0.717, 1.165) is 12.5 Å². The zero-order chi connectivity index (χ0) is 12.2. The van der Waals surface area contributed by atoms with Crippen molar-refractivity contribution in [2.75, 3.05) is 0 Å². The van der Waals surface area contributed by atoms with E-state index in [9.17, 15) is 0 Å². The Morgan fingerprint density at radius 3 is 1.53 bits per heavy atom. The van der Waals surface area contributed by atoms with E-state index < -0.39 is 69.3 Å². The maximum atomic E-state index is 5.73. The fourth-order valence-corrected chi connectivity index (χ4v) is 15.4. The molecule has 1 fully saturated rings. The van der Waals surface area contributed by atoms with Gasteiger partial charge in [-0.2, -0.15) is 0 Å². The van der Waals surface area contributed by atoms with Gasteiger partial charge in [0.1, 0.15) is 0 Å². The molecule has 7 nitrogen and oxygen atoms in total. The molecule has 0 saturated carbocycles. The molecule has 1 saturated heterocycles. The topological polar surface area (TPSA) is 64.6 Å². The quantitative estimate of drug-likeness (QED) is 0.454. The summed E-state index contributed by atoms with van der Waals surface area (Å²) in [7, 11) is -6.77. The van der Waals surface area contributed by atoms with Gasteiger partial charge in [0.05, 0.1) is 0 Å². The number of hydrogen-bond acceptors (Lipinski definition) is 7. The van der Waals surface area contributed by atoms with Crippen molar-refractivity contribution in [2.45, 2.75) is 19.4 Å². The molecule has 0 amide bonds. The van der Waals surface area contributed by atoms with Crippen LogP contribution in [0.1, 0.15) is 13.3 Å². The second kappa shape index (κ2) is 12.3. The third-order valence-corrected chi connectivity index (χ3v) is 13.6. The molecule has 0 bridgehead atoms. The zero-order valence-electron chi connectivity index (χ0n) is 10.1. The lowest BCUT2D eigenvalue weighted by atomic mass is 10.6. The van der Waals surface area contributed by atoms with Crippen LogP contribution >= 0.6 is 0 Å². The maximum Gasteiger partial charge on any atom is 0.303 e.